The molecule has 5 rings (SSSR count). The quantitative estimate of drug-likeness (QED) is 0.432. The highest BCUT2D eigenvalue weighted by Crippen LogP contribution is 2.34. The molecule has 0 spiro atoms. The van der Waals surface area contributed by atoms with Crippen LogP contribution in [0, 0.1) is 12.8 Å². The third-order valence-electron chi connectivity index (χ3n) is 9.01. The zero-order valence-corrected chi connectivity index (χ0v) is 25.1. The number of ether oxygens (including phenoxy) is 1. The van der Waals surface area contributed by atoms with Crippen molar-refractivity contribution in [2.24, 2.45) is 5.92 Å². The van der Waals surface area contributed by atoms with Gasteiger partial charge in [-0.1, -0.05) is 11.6 Å². The maximum atomic E-state index is 13.8. The molecule has 8 nitrogen and oxygen atoms in total. The number of morpholine rings is 1. The fraction of sp³-hybridized carbons (Fsp3) is 0.545. The Kier molecular flexibility index (Phi) is 9.53. The first kappa shape index (κ1) is 29.4. The Balaban J connectivity index is 1.39. The van der Waals surface area contributed by atoms with Crippen molar-refractivity contribution in [3.8, 4) is 11.1 Å². The van der Waals surface area contributed by atoms with Crippen molar-refractivity contribution >= 4 is 17.3 Å². The fourth-order valence-electron chi connectivity index (χ4n) is 6.45. The number of Topliss-reactive ketones (excluding diaryl/α,β-unsaturated/α-hetero) is 1. The minimum atomic E-state index is -0.215. The highest BCUT2D eigenvalue weighted by molar-refractivity contribution is 6.01. The maximum absolute atomic E-state index is 13.8. The standard InChI is InChI=1S/C33H45N5O3/c1-23-17-24(2)29(33(40)18-23)5-6-32(39)30-19-26(20-31(25(30)3)36(4)28-7-9-34-10-8-28)27-21-35-38(22-27)12-11-37-13-15-41-16-14-37/h17-22,28-29,34H,5-16H2,1-4H3. The molecule has 1 aromatic carbocycles. The molecule has 3 heterocycles. The van der Waals surface area contributed by atoms with E-state index in [1.807, 2.05) is 30.8 Å². The third kappa shape index (κ3) is 7.05. The van der Waals surface area contributed by atoms with E-state index in [1.54, 1.807) is 6.08 Å². The minimum Gasteiger partial charge on any atom is -0.379 e. The summed E-state index contributed by atoms with van der Waals surface area (Å²) >= 11 is 0. The number of carbonyl (C=O) groups is 2. The first-order valence-corrected chi connectivity index (χ1v) is 15.1. The lowest BCUT2D eigenvalue weighted by atomic mass is 9.84. The molecule has 1 aliphatic carbocycles. The van der Waals surface area contributed by atoms with E-state index in [4.69, 9.17) is 4.74 Å². The molecule has 1 unspecified atom stereocenters. The number of benzene rings is 1. The van der Waals surface area contributed by atoms with Gasteiger partial charge in [0, 0.05) is 68.1 Å². The van der Waals surface area contributed by atoms with Gasteiger partial charge in [0.1, 0.15) is 0 Å². The van der Waals surface area contributed by atoms with E-state index in [0.717, 1.165) is 104 Å². The highest BCUT2D eigenvalue weighted by Gasteiger charge is 2.26. The molecular weight excluding hydrogens is 514 g/mol. The summed E-state index contributed by atoms with van der Waals surface area (Å²) < 4.78 is 7.48. The number of hydrogen-bond acceptors (Lipinski definition) is 7. The van der Waals surface area contributed by atoms with Crippen LogP contribution in [0.1, 0.15) is 55.5 Å². The van der Waals surface area contributed by atoms with Crippen molar-refractivity contribution in [2.75, 3.05) is 57.9 Å². The zero-order chi connectivity index (χ0) is 28.9. The monoisotopic (exact) mass is 559 g/mol. The molecule has 8 heteroatoms. The van der Waals surface area contributed by atoms with Crippen molar-refractivity contribution < 1.29 is 14.3 Å². The Morgan fingerprint density at radius 2 is 1.83 bits per heavy atom. The topological polar surface area (TPSA) is 79.7 Å². The molecule has 2 fully saturated rings. The molecular formula is C33H45N5O3. The Bertz CT molecular complexity index is 1310. The molecule has 0 bridgehead atoms. The first-order valence-electron chi connectivity index (χ1n) is 15.1. The van der Waals surface area contributed by atoms with Crippen LogP contribution in [0.2, 0.25) is 0 Å². The molecule has 220 valence electrons. The van der Waals surface area contributed by atoms with E-state index < -0.39 is 0 Å². The first-order chi connectivity index (χ1) is 19.8. The normalized spacial score (nSPS) is 20.6. The molecule has 1 aromatic heterocycles. The molecule has 1 N–H and O–H groups in total. The summed E-state index contributed by atoms with van der Waals surface area (Å²) in [6.45, 7) is 13.3. The lowest BCUT2D eigenvalue weighted by molar-refractivity contribution is -0.117. The number of allylic oxidation sites excluding steroid dienone is 4. The number of anilines is 1. The summed E-state index contributed by atoms with van der Waals surface area (Å²) in [7, 11) is 2.16. The number of rotatable bonds is 10. The number of carbonyl (C=O) groups excluding carboxylic acids is 2. The van der Waals surface area contributed by atoms with Gasteiger partial charge in [-0.05, 0) is 88.0 Å². The van der Waals surface area contributed by atoms with Gasteiger partial charge < -0.3 is 15.0 Å². The summed E-state index contributed by atoms with van der Waals surface area (Å²) in [5, 5.41) is 8.12. The van der Waals surface area contributed by atoms with Gasteiger partial charge in [0.05, 0.1) is 26.0 Å². The molecule has 2 aliphatic heterocycles. The average molecular weight is 560 g/mol. The average Bonchev–Trinajstić information content (AvgIpc) is 3.45. The van der Waals surface area contributed by atoms with Crippen LogP contribution in [-0.4, -0.2) is 85.3 Å². The zero-order valence-electron chi connectivity index (χ0n) is 25.1. The Morgan fingerprint density at radius 1 is 1.07 bits per heavy atom. The van der Waals surface area contributed by atoms with Crippen molar-refractivity contribution in [3.63, 3.8) is 0 Å². The number of piperidine rings is 1. The number of ketones is 2. The molecule has 2 saturated heterocycles. The maximum Gasteiger partial charge on any atom is 0.163 e. The summed E-state index contributed by atoms with van der Waals surface area (Å²) in [5.41, 5.74) is 6.91. The fourth-order valence-corrected chi connectivity index (χ4v) is 6.45. The Hall–Kier alpha value is -3.07. The SMILES string of the molecule is CC1=CC(=O)C(CCC(=O)c2cc(-c3cnn(CCN4CCOCC4)c3)cc(N(C)C3CCNCC3)c2C)C(C)=C1. The van der Waals surface area contributed by atoms with Crippen LogP contribution < -0.4 is 10.2 Å². The molecule has 41 heavy (non-hydrogen) atoms. The van der Waals surface area contributed by atoms with Crippen LogP contribution in [0.3, 0.4) is 0 Å². The predicted octanol–water partition coefficient (Wildman–Crippen LogP) is 4.43. The van der Waals surface area contributed by atoms with Crippen LogP contribution in [0.25, 0.3) is 11.1 Å². The third-order valence-corrected chi connectivity index (χ3v) is 9.01. The summed E-state index contributed by atoms with van der Waals surface area (Å²) in [4.78, 5) is 31.3. The highest BCUT2D eigenvalue weighted by atomic mass is 16.5. The summed E-state index contributed by atoms with van der Waals surface area (Å²) in [5.74, 6) is -0.0137. The van der Waals surface area contributed by atoms with Gasteiger partial charge in [-0.2, -0.15) is 5.10 Å². The van der Waals surface area contributed by atoms with Crippen molar-refractivity contribution in [3.05, 3.63) is 59.0 Å². The van der Waals surface area contributed by atoms with Crippen molar-refractivity contribution in [1.29, 1.82) is 0 Å². The number of aromatic nitrogens is 2. The van der Waals surface area contributed by atoms with Crippen molar-refractivity contribution in [2.45, 2.75) is 59.0 Å². The lowest BCUT2D eigenvalue weighted by Crippen LogP contribution is -2.41. The van der Waals surface area contributed by atoms with Crippen LogP contribution in [0.15, 0.2) is 47.8 Å². The van der Waals surface area contributed by atoms with Crippen LogP contribution in [0.4, 0.5) is 5.69 Å². The molecule has 0 amide bonds. The van der Waals surface area contributed by atoms with Gasteiger partial charge in [-0.15, -0.1) is 0 Å². The predicted molar refractivity (Wildman–Crippen MR) is 164 cm³/mol. The van der Waals surface area contributed by atoms with Gasteiger partial charge >= 0.3 is 0 Å². The van der Waals surface area contributed by atoms with Gasteiger partial charge in [-0.3, -0.25) is 19.2 Å². The van der Waals surface area contributed by atoms with E-state index in [0.29, 0.717) is 18.9 Å². The van der Waals surface area contributed by atoms with Gasteiger partial charge in [0.15, 0.2) is 11.6 Å². The van der Waals surface area contributed by atoms with E-state index in [1.165, 1.54) is 0 Å². The largest absolute Gasteiger partial charge is 0.379 e. The van der Waals surface area contributed by atoms with Gasteiger partial charge in [-0.25, -0.2) is 0 Å². The minimum absolute atomic E-state index is 0.0934. The molecule has 3 aliphatic rings. The smallest absolute Gasteiger partial charge is 0.163 e. The Morgan fingerprint density at radius 3 is 2.56 bits per heavy atom. The van der Waals surface area contributed by atoms with Crippen LogP contribution in [-0.2, 0) is 16.1 Å². The van der Waals surface area contributed by atoms with E-state index >= 15 is 0 Å². The molecule has 0 saturated carbocycles. The summed E-state index contributed by atoms with van der Waals surface area (Å²) in [6.07, 6.45) is 10.8. The van der Waals surface area contributed by atoms with Gasteiger partial charge in [0.25, 0.3) is 0 Å². The molecule has 0 radical (unpaired) electrons. The second kappa shape index (κ2) is 13.3. The number of nitrogens with one attached hydrogen (secondary N) is 1. The second-order valence-electron chi connectivity index (χ2n) is 11.9. The number of hydrogen-bond donors (Lipinski definition) is 1. The second-order valence-corrected chi connectivity index (χ2v) is 11.9. The lowest BCUT2D eigenvalue weighted by Gasteiger charge is -2.35. The molecule has 2 aromatic rings. The van der Waals surface area contributed by atoms with E-state index in [-0.39, 0.29) is 17.5 Å². The van der Waals surface area contributed by atoms with E-state index in [2.05, 4.69) is 52.5 Å². The Labute approximate surface area is 244 Å². The summed E-state index contributed by atoms with van der Waals surface area (Å²) in [6, 6.07) is 4.69. The van der Waals surface area contributed by atoms with E-state index in [9.17, 15) is 9.59 Å². The number of nitrogens with zero attached hydrogens (tertiary/aromatic N) is 4. The van der Waals surface area contributed by atoms with Crippen LogP contribution >= 0.6 is 0 Å². The van der Waals surface area contributed by atoms with Gasteiger partial charge in [0.2, 0.25) is 0 Å². The molecule has 1 atom stereocenters. The van der Waals surface area contributed by atoms with Crippen molar-refractivity contribution in [1.82, 2.24) is 20.0 Å². The van der Waals surface area contributed by atoms with Crippen LogP contribution in [0.5, 0.6) is 0 Å².